The molecule has 15 heavy (non-hydrogen) atoms. The summed E-state index contributed by atoms with van der Waals surface area (Å²) >= 11 is 0. The Morgan fingerprint density at radius 3 is 2.13 bits per heavy atom. The van der Waals surface area contributed by atoms with Crippen LogP contribution in [0.2, 0.25) is 0 Å². The van der Waals surface area contributed by atoms with Crippen molar-refractivity contribution in [1.82, 2.24) is 0 Å². The quantitative estimate of drug-likeness (QED) is 0.536. The number of aliphatic hydroxyl groups is 2. The molecule has 4 nitrogen and oxygen atoms in total. The van der Waals surface area contributed by atoms with Crippen LogP contribution in [0.25, 0.3) is 0 Å². The van der Waals surface area contributed by atoms with E-state index in [0.717, 1.165) is 0 Å². The first kappa shape index (κ1) is 12.1. The summed E-state index contributed by atoms with van der Waals surface area (Å²) in [7, 11) is 0. The van der Waals surface area contributed by atoms with E-state index in [4.69, 9.17) is 11.5 Å². The lowest BCUT2D eigenvalue weighted by atomic mass is 9.90. The predicted molar refractivity (Wildman–Crippen MR) is 58.8 cm³/mol. The molecule has 0 fully saturated rings. The molecule has 0 aliphatic carbocycles. The molecule has 0 aliphatic heterocycles. The van der Waals surface area contributed by atoms with E-state index in [1.165, 1.54) is 6.92 Å². The Morgan fingerprint density at radius 2 is 1.67 bits per heavy atom. The van der Waals surface area contributed by atoms with Crippen LogP contribution in [-0.4, -0.2) is 16.3 Å². The minimum Gasteiger partial charge on any atom is -0.390 e. The number of rotatable bonds is 3. The van der Waals surface area contributed by atoms with Crippen molar-refractivity contribution in [3.8, 4) is 0 Å². The van der Waals surface area contributed by atoms with Crippen LogP contribution in [0.1, 0.15) is 31.1 Å². The fraction of sp³-hybridized carbons (Fsp3) is 0.455. The van der Waals surface area contributed by atoms with Crippen molar-refractivity contribution >= 4 is 0 Å². The molecule has 0 aromatic heterocycles. The van der Waals surface area contributed by atoms with Gasteiger partial charge in [0.2, 0.25) is 0 Å². The van der Waals surface area contributed by atoms with E-state index < -0.39 is 17.9 Å². The molecule has 0 radical (unpaired) electrons. The summed E-state index contributed by atoms with van der Waals surface area (Å²) < 4.78 is 0. The topological polar surface area (TPSA) is 92.5 Å². The molecule has 4 heteroatoms. The smallest absolute Gasteiger partial charge is 0.117 e. The fourth-order valence-corrected chi connectivity index (χ4v) is 1.48. The van der Waals surface area contributed by atoms with Gasteiger partial charge in [0, 0.05) is 0 Å². The summed E-state index contributed by atoms with van der Waals surface area (Å²) in [5.41, 5.74) is 11.5. The van der Waals surface area contributed by atoms with Crippen molar-refractivity contribution in [2.24, 2.45) is 11.5 Å². The molecular formula is C11H18N2O2. The number of hydrogen-bond acceptors (Lipinski definition) is 4. The molecule has 0 amide bonds. The molecule has 1 aromatic carbocycles. The zero-order chi connectivity index (χ0) is 11.6. The summed E-state index contributed by atoms with van der Waals surface area (Å²) in [6.45, 7) is 3.16. The summed E-state index contributed by atoms with van der Waals surface area (Å²) in [4.78, 5) is 0. The van der Waals surface area contributed by atoms with Gasteiger partial charge in [0.15, 0.2) is 0 Å². The maximum absolute atomic E-state index is 9.56. The van der Waals surface area contributed by atoms with Gasteiger partial charge in [0.1, 0.15) is 5.66 Å². The van der Waals surface area contributed by atoms with Crippen molar-refractivity contribution in [3.05, 3.63) is 35.4 Å². The molecule has 1 rings (SSSR count). The largest absolute Gasteiger partial charge is 0.390 e. The zero-order valence-electron chi connectivity index (χ0n) is 9.01. The van der Waals surface area contributed by atoms with Crippen molar-refractivity contribution in [1.29, 1.82) is 0 Å². The predicted octanol–water partition coefficient (Wildman–Crippen LogP) is 0.191. The summed E-state index contributed by atoms with van der Waals surface area (Å²) in [5.74, 6) is 0. The lowest BCUT2D eigenvalue weighted by Crippen LogP contribution is -2.55. The Balaban J connectivity index is 3.24. The highest BCUT2D eigenvalue weighted by Gasteiger charge is 2.30. The van der Waals surface area contributed by atoms with Crippen molar-refractivity contribution in [3.63, 3.8) is 0 Å². The minimum absolute atomic E-state index is 0.565. The lowest BCUT2D eigenvalue weighted by Gasteiger charge is -2.31. The third-order valence-corrected chi connectivity index (χ3v) is 2.57. The van der Waals surface area contributed by atoms with Gasteiger partial charge in [-0.3, -0.25) is 0 Å². The molecule has 2 atom stereocenters. The molecule has 0 spiro atoms. The van der Waals surface area contributed by atoms with Crippen LogP contribution in [0.15, 0.2) is 24.3 Å². The molecule has 6 N–H and O–H groups in total. The van der Waals surface area contributed by atoms with Gasteiger partial charge >= 0.3 is 0 Å². The Hall–Kier alpha value is -0.940. The number of nitrogens with two attached hydrogens (primary N) is 2. The molecule has 0 saturated heterocycles. The summed E-state index contributed by atoms with van der Waals surface area (Å²) in [6.07, 6.45) is -1.55. The molecule has 0 heterocycles. The SMILES string of the molecule is CC(O)c1ccccc1C(N)(N)C(C)O. The second-order valence-corrected chi connectivity index (χ2v) is 3.87. The van der Waals surface area contributed by atoms with E-state index in [9.17, 15) is 10.2 Å². The first-order chi connectivity index (χ1) is 6.87. The van der Waals surface area contributed by atoms with Gasteiger partial charge in [-0.05, 0) is 25.0 Å². The van der Waals surface area contributed by atoms with E-state index in [-0.39, 0.29) is 0 Å². The van der Waals surface area contributed by atoms with Gasteiger partial charge in [-0.25, -0.2) is 0 Å². The van der Waals surface area contributed by atoms with E-state index in [0.29, 0.717) is 11.1 Å². The Bertz CT molecular complexity index is 335. The monoisotopic (exact) mass is 210 g/mol. The van der Waals surface area contributed by atoms with Gasteiger partial charge in [-0.2, -0.15) is 0 Å². The third kappa shape index (κ3) is 2.35. The molecule has 0 aliphatic rings. The normalized spacial score (nSPS) is 16.1. The van der Waals surface area contributed by atoms with Crippen molar-refractivity contribution in [2.75, 3.05) is 0 Å². The van der Waals surface area contributed by atoms with E-state index in [1.807, 2.05) is 0 Å². The highest BCUT2D eigenvalue weighted by Crippen LogP contribution is 2.25. The average molecular weight is 210 g/mol. The van der Waals surface area contributed by atoms with Crippen LogP contribution in [-0.2, 0) is 5.66 Å². The van der Waals surface area contributed by atoms with Crippen LogP contribution >= 0.6 is 0 Å². The molecule has 0 bridgehead atoms. The first-order valence-electron chi connectivity index (χ1n) is 4.90. The van der Waals surface area contributed by atoms with Crippen molar-refractivity contribution in [2.45, 2.75) is 31.7 Å². The van der Waals surface area contributed by atoms with E-state index in [1.54, 1.807) is 31.2 Å². The standard InChI is InChI=1S/C11H18N2O2/c1-7(14)9-5-3-4-6-10(9)11(12,13)8(2)15/h3-8,14-15H,12-13H2,1-2H3. The van der Waals surface area contributed by atoms with E-state index in [2.05, 4.69) is 0 Å². The molecule has 0 saturated carbocycles. The van der Waals surface area contributed by atoms with Gasteiger partial charge < -0.3 is 21.7 Å². The van der Waals surface area contributed by atoms with Crippen LogP contribution < -0.4 is 11.5 Å². The first-order valence-corrected chi connectivity index (χ1v) is 4.90. The van der Waals surface area contributed by atoms with Gasteiger partial charge in [-0.1, -0.05) is 24.3 Å². The maximum atomic E-state index is 9.56. The van der Waals surface area contributed by atoms with Crippen LogP contribution in [0, 0.1) is 0 Å². The van der Waals surface area contributed by atoms with Gasteiger partial charge in [0.05, 0.1) is 12.2 Å². The maximum Gasteiger partial charge on any atom is 0.117 e. The van der Waals surface area contributed by atoms with Gasteiger partial charge in [0.25, 0.3) is 0 Å². The molecule has 2 unspecified atom stereocenters. The number of aliphatic hydroxyl groups excluding tert-OH is 2. The Labute approximate surface area is 89.5 Å². The summed E-state index contributed by atoms with van der Waals surface area (Å²) in [5, 5.41) is 19.1. The highest BCUT2D eigenvalue weighted by molar-refractivity contribution is 5.34. The average Bonchev–Trinajstić information content (AvgIpc) is 2.17. The summed E-state index contributed by atoms with van der Waals surface area (Å²) in [6, 6.07) is 7.04. The van der Waals surface area contributed by atoms with Crippen LogP contribution in [0.5, 0.6) is 0 Å². The Morgan fingerprint density at radius 1 is 1.13 bits per heavy atom. The fourth-order valence-electron chi connectivity index (χ4n) is 1.48. The second-order valence-electron chi connectivity index (χ2n) is 3.87. The second kappa shape index (κ2) is 4.28. The molecule has 1 aromatic rings. The highest BCUT2D eigenvalue weighted by atomic mass is 16.3. The molecular weight excluding hydrogens is 192 g/mol. The minimum atomic E-state index is -1.34. The van der Waals surface area contributed by atoms with Crippen LogP contribution in [0.4, 0.5) is 0 Å². The van der Waals surface area contributed by atoms with Crippen molar-refractivity contribution < 1.29 is 10.2 Å². The molecule has 84 valence electrons. The number of benzene rings is 1. The third-order valence-electron chi connectivity index (χ3n) is 2.57. The van der Waals surface area contributed by atoms with Crippen LogP contribution in [0.3, 0.4) is 0 Å². The Kier molecular flexibility index (Phi) is 3.46. The van der Waals surface area contributed by atoms with E-state index >= 15 is 0 Å². The zero-order valence-corrected chi connectivity index (χ0v) is 9.01. The number of hydrogen-bond donors (Lipinski definition) is 4. The lowest BCUT2D eigenvalue weighted by molar-refractivity contribution is 0.0999. The van der Waals surface area contributed by atoms with Gasteiger partial charge in [-0.15, -0.1) is 0 Å².